The SMILES string of the molecule is FC(F)(F)c1cccc(-c2cnc3c[n-]nc3c2)c1. The number of fused-ring (bicyclic) bond motifs is 1. The molecule has 0 aliphatic heterocycles. The van der Waals surface area contributed by atoms with Crippen LogP contribution in [0.25, 0.3) is 22.2 Å². The van der Waals surface area contributed by atoms with Crippen LogP contribution in [-0.4, -0.2) is 10.1 Å². The van der Waals surface area contributed by atoms with Crippen LogP contribution in [0, 0.1) is 0 Å². The van der Waals surface area contributed by atoms with Crippen molar-refractivity contribution >= 4 is 11.0 Å². The molecule has 0 spiro atoms. The van der Waals surface area contributed by atoms with Crippen molar-refractivity contribution in [2.45, 2.75) is 6.18 Å². The average molecular weight is 262 g/mol. The highest BCUT2D eigenvalue weighted by Crippen LogP contribution is 2.32. The molecule has 0 aliphatic carbocycles. The monoisotopic (exact) mass is 262 g/mol. The normalized spacial score (nSPS) is 11.9. The third-order valence-electron chi connectivity index (χ3n) is 2.77. The van der Waals surface area contributed by atoms with E-state index < -0.39 is 11.7 Å². The molecule has 2 heterocycles. The molecule has 0 bridgehead atoms. The number of alkyl halides is 3. The molecule has 3 nitrogen and oxygen atoms in total. The maximum absolute atomic E-state index is 12.6. The summed E-state index contributed by atoms with van der Waals surface area (Å²) < 4.78 is 37.9. The number of nitrogens with zero attached hydrogens (tertiary/aromatic N) is 3. The van der Waals surface area contributed by atoms with Gasteiger partial charge in [0.25, 0.3) is 0 Å². The van der Waals surface area contributed by atoms with Crippen molar-refractivity contribution in [3.05, 3.63) is 48.3 Å². The van der Waals surface area contributed by atoms with Crippen molar-refractivity contribution < 1.29 is 13.2 Å². The van der Waals surface area contributed by atoms with Crippen molar-refractivity contribution in [2.75, 3.05) is 0 Å². The van der Waals surface area contributed by atoms with Gasteiger partial charge in [0.1, 0.15) is 0 Å². The maximum atomic E-state index is 12.6. The first kappa shape index (κ1) is 11.7. The van der Waals surface area contributed by atoms with Crippen LogP contribution in [-0.2, 0) is 6.18 Å². The van der Waals surface area contributed by atoms with E-state index in [2.05, 4.69) is 15.2 Å². The number of halogens is 3. The van der Waals surface area contributed by atoms with E-state index in [9.17, 15) is 13.2 Å². The van der Waals surface area contributed by atoms with Crippen LogP contribution in [0.4, 0.5) is 13.2 Å². The van der Waals surface area contributed by atoms with Gasteiger partial charge in [-0.25, -0.2) is 0 Å². The summed E-state index contributed by atoms with van der Waals surface area (Å²) in [6.07, 6.45) is -1.33. The van der Waals surface area contributed by atoms with E-state index in [4.69, 9.17) is 0 Å². The van der Waals surface area contributed by atoms with Crippen molar-refractivity contribution in [2.24, 2.45) is 0 Å². The Morgan fingerprint density at radius 1 is 1.00 bits per heavy atom. The van der Waals surface area contributed by atoms with E-state index in [1.54, 1.807) is 12.1 Å². The lowest BCUT2D eigenvalue weighted by molar-refractivity contribution is -0.137. The zero-order chi connectivity index (χ0) is 13.5. The number of hydrogen-bond donors (Lipinski definition) is 0. The Kier molecular flexibility index (Phi) is 2.51. The molecule has 0 aliphatic rings. The maximum Gasteiger partial charge on any atom is 0.416 e. The van der Waals surface area contributed by atoms with E-state index >= 15 is 0 Å². The summed E-state index contributed by atoms with van der Waals surface area (Å²) in [6, 6.07) is 6.79. The second kappa shape index (κ2) is 4.08. The Morgan fingerprint density at radius 3 is 2.63 bits per heavy atom. The summed E-state index contributed by atoms with van der Waals surface area (Å²) >= 11 is 0. The minimum Gasteiger partial charge on any atom is -0.579 e. The van der Waals surface area contributed by atoms with Gasteiger partial charge in [-0.15, -0.1) is 6.20 Å². The first-order chi connectivity index (χ1) is 9.04. The van der Waals surface area contributed by atoms with Gasteiger partial charge >= 0.3 is 6.18 Å². The molecule has 2 aromatic heterocycles. The van der Waals surface area contributed by atoms with Gasteiger partial charge in [-0.05, 0) is 23.8 Å². The second-order valence-corrected chi connectivity index (χ2v) is 4.05. The second-order valence-electron chi connectivity index (χ2n) is 4.05. The summed E-state index contributed by atoms with van der Waals surface area (Å²) in [5.41, 5.74) is 1.54. The standard InChI is InChI=1S/C13H7F3N3/c14-13(15,16)10-3-1-2-8(4-10)9-5-11-12(17-6-9)7-18-19-11/h1-7H/q-1. The molecule has 0 unspecified atom stereocenters. The first-order valence-electron chi connectivity index (χ1n) is 5.46. The van der Waals surface area contributed by atoms with E-state index in [-0.39, 0.29) is 0 Å². The molecule has 96 valence electrons. The van der Waals surface area contributed by atoms with Crippen LogP contribution in [0.3, 0.4) is 0 Å². The molecule has 1 aromatic carbocycles. The molecule has 6 heteroatoms. The van der Waals surface area contributed by atoms with Gasteiger partial charge in [-0.3, -0.25) is 4.98 Å². The molecule has 0 N–H and O–H groups in total. The molecule has 0 saturated carbocycles. The number of aromatic nitrogens is 3. The molecule has 0 radical (unpaired) electrons. The lowest BCUT2D eigenvalue weighted by Crippen LogP contribution is -2.04. The molecule has 3 rings (SSSR count). The minimum absolute atomic E-state index is 0.451. The third-order valence-corrected chi connectivity index (χ3v) is 2.77. The van der Waals surface area contributed by atoms with Crippen LogP contribution < -0.4 is 5.10 Å². The summed E-state index contributed by atoms with van der Waals surface area (Å²) in [4.78, 5) is 4.10. The summed E-state index contributed by atoms with van der Waals surface area (Å²) in [6.45, 7) is 0. The highest BCUT2D eigenvalue weighted by molar-refractivity contribution is 5.79. The van der Waals surface area contributed by atoms with E-state index in [1.807, 2.05) is 0 Å². The Balaban J connectivity index is 2.10. The molecule has 0 atom stereocenters. The van der Waals surface area contributed by atoms with Gasteiger partial charge in [0.05, 0.1) is 16.6 Å². The minimum atomic E-state index is -4.35. The van der Waals surface area contributed by atoms with Gasteiger partial charge in [0.15, 0.2) is 0 Å². The predicted molar refractivity (Wildman–Crippen MR) is 63.3 cm³/mol. The molecular formula is C13H7F3N3-. The fourth-order valence-electron chi connectivity index (χ4n) is 1.82. The van der Waals surface area contributed by atoms with Crippen LogP contribution in [0.1, 0.15) is 5.56 Å². The number of pyridine rings is 1. The van der Waals surface area contributed by atoms with Crippen molar-refractivity contribution in [1.82, 2.24) is 15.2 Å². The molecular weight excluding hydrogens is 255 g/mol. The zero-order valence-corrected chi connectivity index (χ0v) is 9.52. The highest BCUT2D eigenvalue weighted by atomic mass is 19.4. The largest absolute Gasteiger partial charge is 0.579 e. The Morgan fingerprint density at radius 2 is 1.84 bits per heavy atom. The Labute approximate surface area is 106 Å². The third kappa shape index (κ3) is 2.16. The first-order valence-corrected chi connectivity index (χ1v) is 5.46. The Bertz CT molecular complexity index is 731. The predicted octanol–water partition coefficient (Wildman–Crippen LogP) is 3.27. The molecule has 0 saturated heterocycles. The molecule has 0 amide bonds. The van der Waals surface area contributed by atoms with E-state index in [0.717, 1.165) is 12.1 Å². The fraction of sp³-hybridized carbons (Fsp3) is 0.0769. The smallest absolute Gasteiger partial charge is 0.416 e. The van der Waals surface area contributed by atoms with Crippen LogP contribution >= 0.6 is 0 Å². The average Bonchev–Trinajstić information content (AvgIpc) is 2.85. The van der Waals surface area contributed by atoms with E-state index in [1.165, 1.54) is 18.5 Å². The summed E-state index contributed by atoms with van der Waals surface area (Å²) in [5.74, 6) is 0. The Hall–Kier alpha value is -2.37. The van der Waals surface area contributed by atoms with Crippen LogP contribution in [0.15, 0.2) is 42.7 Å². The summed E-state index contributed by atoms with van der Waals surface area (Å²) in [7, 11) is 0. The number of hydrogen-bond acceptors (Lipinski definition) is 2. The zero-order valence-electron chi connectivity index (χ0n) is 9.52. The van der Waals surface area contributed by atoms with Gasteiger partial charge in [0.2, 0.25) is 0 Å². The lowest BCUT2D eigenvalue weighted by atomic mass is 10.0. The highest BCUT2D eigenvalue weighted by Gasteiger charge is 2.30. The van der Waals surface area contributed by atoms with Crippen molar-refractivity contribution in [1.29, 1.82) is 0 Å². The van der Waals surface area contributed by atoms with Gasteiger partial charge in [0, 0.05) is 11.8 Å². The quantitative estimate of drug-likeness (QED) is 0.675. The number of rotatable bonds is 1. The van der Waals surface area contributed by atoms with Crippen molar-refractivity contribution in [3.8, 4) is 11.1 Å². The van der Waals surface area contributed by atoms with Gasteiger partial charge < -0.3 is 10.2 Å². The van der Waals surface area contributed by atoms with E-state index in [0.29, 0.717) is 22.2 Å². The van der Waals surface area contributed by atoms with Crippen LogP contribution in [0.5, 0.6) is 0 Å². The molecule has 3 aromatic rings. The lowest BCUT2D eigenvalue weighted by Gasteiger charge is -2.08. The van der Waals surface area contributed by atoms with Crippen molar-refractivity contribution in [3.63, 3.8) is 0 Å². The topological polar surface area (TPSA) is 39.9 Å². The molecule has 0 fully saturated rings. The fourth-order valence-corrected chi connectivity index (χ4v) is 1.82. The van der Waals surface area contributed by atoms with Gasteiger partial charge in [-0.1, -0.05) is 12.1 Å². The van der Waals surface area contributed by atoms with Gasteiger partial charge in [-0.2, -0.15) is 13.2 Å². The van der Waals surface area contributed by atoms with Crippen LogP contribution in [0.2, 0.25) is 0 Å². The summed E-state index contributed by atoms with van der Waals surface area (Å²) in [5, 5.41) is 7.54. The molecule has 19 heavy (non-hydrogen) atoms. The number of benzene rings is 1.